The summed E-state index contributed by atoms with van der Waals surface area (Å²) >= 11 is 13.8. The third kappa shape index (κ3) is 2.69. The quantitative estimate of drug-likeness (QED) is 0.914. The van der Waals surface area contributed by atoms with Gasteiger partial charge in [0.1, 0.15) is 5.01 Å². The fourth-order valence-electron chi connectivity index (χ4n) is 1.80. The fourth-order valence-corrected chi connectivity index (χ4v) is 3.24. The van der Waals surface area contributed by atoms with Crippen LogP contribution in [-0.2, 0) is 6.42 Å². The van der Waals surface area contributed by atoms with Gasteiger partial charge in [-0.3, -0.25) is 0 Å². The maximum atomic E-state index is 6.23. The number of aromatic nitrogens is 1. The van der Waals surface area contributed by atoms with E-state index in [1.807, 2.05) is 0 Å². The van der Waals surface area contributed by atoms with Crippen LogP contribution in [0.3, 0.4) is 0 Å². The predicted octanol–water partition coefficient (Wildman–Crippen LogP) is 4.37. The Morgan fingerprint density at radius 3 is 2.72 bits per heavy atom. The first-order valence-corrected chi connectivity index (χ1v) is 7.27. The molecular weight excluding hydrogens is 287 g/mol. The molecule has 2 nitrogen and oxygen atoms in total. The van der Waals surface area contributed by atoms with Crippen molar-refractivity contribution in [2.75, 3.05) is 0 Å². The third-order valence-electron chi connectivity index (χ3n) is 2.80. The van der Waals surface area contributed by atoms with Crippen molar-refractivity contribution in [1.29, 1.82) is 0 Å². The molecule has 5 heteroatoms. The van der Waals surface area contributed by atoms with E-state index in [-0.39, 0.29) is 6.04 Å². The maximum Gasteiger partial charge on any atom is 0.114 e. The van der Waals surface area contributed by atoms with Crippen molar-refractivity contribution in [3.05, 3.63) is 49.4 Å². The molecule has 0 aliphatic rings. The molecule has 0 aliphatic carbocycles. The second kappa shape index (κ2) is 5.57. The van der Waals surface area contributed by atoms with E-state index in [1.54, 1.807) is 29.5 Å². The molecule has 1 unspecified atom stereocenters. The van der Waals surface area contributed by atoms with Crippen molar-refractivity contribution in [2.24, 2.45) is 5.73 Å². The molecule has 1 aromatic carbocycles. The number of hydrogen-bond acceptors (Lipinski definition) is 3. The molecule has 1 heterocycles. The van der Waals surface area contributed by atoms with Gasteiger partial charge < -0.3 is 5.73 Å². The summed E-state index contributed by atoms with van der Waals surface area (Å²) in [4.78, 5) is 5.78. The van der Waals surface area contributed by atoms with Crippen LogP contribution in [0.5, 0.6) is 0 Å². The minimum absolute atomic E-state index is 0.319. The van der Waals surface area contributed by atoms with E-state index in [2.05, 4.69) is 18.8 Å². The Morgan fingerprint density at radius 1 is 1.39 bits per heavy atom. The van der Waals surface area contributed by atoms with Gasteiger partial charge in [0.15, 0.2) is 0 Å². The van der Waals surface area contributed by atoms with Crippen LogP contribution in [0.25, 0.3) is 0 Å². The molecule has 96 valence electrons. The van der Waals surface area contributed by atoms with Crippen molar-refractivity contribution in [3.63, 3.8) is 0 Å². The largest absolute Gasteiger partial charge is 0.318 e. The fraction of sp³-hybridized carbons (Fsp3) is 0.308. The van der Waals surface area contributed by atoms with Gasteiger partial charge in [-0.25, -0.2) is 4.98 Å². The number of nitrogens with zero attached hydrogens (tertiary/aromatic N) is 1. The summed E-state index contributed by atoms with van der Waals surface area (Å²) in [6.07, 6.45) is 0.915. The molecule has 2 N–H and O–H groups in total. The smallest absolute Gasteiger partial charge is 0.114 e. The van der Waals surface area contributed by atoms with E-state index in [0.717, 1.165) is 22.7 Å². The lowest BCUT2D eigenvalue weighted by Crippen LogP contribution is -2.12. The number of rotatable bonds is 3. The Morgan fingerprint density at radius 2 is 2.11 bits per heavy atom. The Hall–Kier alpha value is -0.610. The average molecular weight is 301 g/mol. The van der Waals surface area contributed by atoms with Crippen LogP contribution >= 0.6 is 34.5 Å². The first-order valence-electron chi connectivity index (χ1n) is 5.69. The minimum Gasteiger partial charge on any atom is -0.318 e. The summed E-state index contributed by atoms with van der Waals surface area (Å²) < 4.78 is 0. The molecular formula is C13H14Cl2N2S. The van der Waals surface area contributed by atoms with Crippen LogP contribution in [-0.4, -0.2) is 4.98 Å². The van der Waals surface area contributed by atoms with Crippen molar-refractivity contribution in [2.45, 2.75) is 26.3 Å². The molecule has 0 saturated heterocycles. The number of nitrogens with two attached hydrogens (primary N) is 1. The summed E-state index contributed by atoms with van der Waals surface area (Å²) in [5, 5.41) is 2.14. The Balaban J connectivity index is 2.40. The number of benzene rings is 1. The van der Waals surface area contributed by atoms with E-state index in [4.69, 9.17) is 28.9 Å². The molecule has 0 radical (unpaired) electrons. The molecule has 0 spiro atoms. The molecule has 0 amide bonds. The molecule has 2 rings (SSSR count). The summed E-state index contributed by atoms with van der Waals surface area (Å²) in [6.45, 7) is 4.15. The Kier molecular flexibility index (Phi) is 4.28. The SMILES string of the molecule is CCc1nc(C(N)c2cc(Cl)ccc2Cl)sc1C. The molecule has 1 atom stereocenters. The predicted molar refractivity (Wildman–Crippen MR) is 78.7 cm³/mol. The maximum absolute atomic E-state index is 6.23. The van der Waals surface area contributed by atoms with Crippen LogP contribution in [0, 0.1) is 6.92 Å². The first kappa shape index (κ1) is 13.8. The highest BCUT2D eigenvalue weighted by atomic mass is 35.5. The van der Waals surface area contributed by atoms with Gasteiger partial charge in [0.05, 0.1) is 11.7 Å². The molecule has 0 bridgehead atoms. The number of aryl methyl sites for hydroxylation is 2. The van der Waals surface area contributed by atoms with E-state index in [9.17, 15) is 0 Å². The van der Waals surface area contributed by atoms with Gasteiger partial charge in [-0.1, -0.05) is 30.1 Å². The van der Waals surface area contributed by atoms with Gasteiger partial charge in [0.2, 0.25) is 0 Å². The third-order valence-corrected chi connectivity index (χ3v) is 4.48. The van der Waals surface area contributed by atoms with Crippen LogP contribution in [0.1, 0.15) is 34.1 Å². The normalized spacial score (nSPS) is 12.7. The molecule has 1 aromatic heterocycles. The number of halogens is 2. The second-order valence-electron chi connectivity index (χ2n) is 4.05. The van der Waals surface area contributed by atoms with Crippen LogP contribution in [0.2, 0.25) is 10.0 Å². The zero-order valence-corrected chi connectivity index (χ0v) is 12.5. The van der Waals surface area contributed by atoms with Gasteiger partial charge in [0, 0.05) is 14.9 Å². The van der Waals surface area contributed by atoms with E-state index in [1.165, 1.54) is 4.88 Å². The van der Waals surface area contributed by atoms with Crippen molar-refractivity contribution in [1.82, 2.24) is 4.98 Å². The lowest BCUT2D eigenvalue weighted by molar-refractivity contribution is 0.844. The molecule has 2 aromatic rings. The van der Waals surface area contributed by atoms with Gasteiger partial charge >= 0.3 is 0 Å². The standard InChI is InChI=1S/C13H14Cl2N2S/c1-3-11-7(2)18-13(17-11)12(16)9-6-8(14)4-5-10(9)15/h4-6,12H,3,16H2,1-2H3. The van der Waals surface area contributed by atoms with Gasteiger partial charge in [0.25, 0.3) is 0 Å². The minimum atomic E-state index is -0.319. The van der Waals surface area contributed by atoms with Crippen molar-refractivity contribution >= 4 is 34.5 Å². The average Bonchev–Trinajstić information content (AvgIpc) is 2.73. The Bertz CT molecular complexity index is 566. The van der Waals surface area contributed by atoms with Crippen LogP contribution in [0.4, 0.5) is 0 Å². The van der Waals surface area contributed by atoms with Gasteiger partial charge in [-0.15, -0.1) is 11.3 Å². The van der Waals surface area contributed by atoms with Crippen molar-refractivity contribution in [3.8, 4) is 0 Å². The van der Waals surface area contributed by atoms with Crippen molar-refractivity contribution < 1.29 is 0 Å². The molecule has 18 heavy (non-hydrogen) atoms. The highest BCUT2D eigenvalue weighted by Gasteiger charge is 2.18. The lowest BCUT2D eigenvalue weighted by atomic mass is 10.1. The summed E-state index contributed by atoms with van der Waals surface area (Å²) in [6, 6.07) is 5.00. The Labute approximate surface area is 121 Å². The summed E-state index contributed by atoms with van der Waals surface area (Å²) in [5.74, 6) is 0. The highest BCUT2D eigenvalue weighted by Crippen LogP contribution is 2.32. The lowest BCUT2D eigenvalue weighted by Gasteiger charge is -2.11. The van der Waals surface area contributed by atoms with Crippen LogP contribution < -0.4 is 5.73 Å². The summed E-state index contributed by atoms with van der Waals surface area (Å²) in [7, 11) is 0. The number of hydrogen-bond donors (Lipinski definition) is 1. The molecule has 0 saturated carbocycles. The zero-order valence-electron chi connectivity index (χ0n) is 10.2. The second-order valence-corrected chi connectivity index (χ2v) is 6.13. The molecule has 0 fully saturated rings. The van der Waals surface area contributed by atoms with E-state index in [0.29, 0.717) is 10.0 Å². The zero-order chi connectivity index (χ0) is 13.3. The molecule has 0 aliphatic heterocycles. The van der Waals surface area contributed by atoms with Gasteiger partial charge in [-0.2, -0.15) is 0 Å². The van der Waals surface area contributed by atoms with Gasteiger partial charge in [-0.05, 0) is 37.1 Å². The van der Waals surface area contributed by atoms with E-state index >= 15 is 0 Å². The summed E-state index contributed by atoms with van der Waals surface area (Å²) in [5.41, 5.74) is 8.15. The van der Waals surface area contributed by atoms with E-state index < -0.39 is 0 Å². The monoisotopic (exact) mass is 300 g/mol. The van der Waals surface area contributed by atoms with Crippen LogP contribution in [0.15, 0.2) is 18.2 Å². The topological polar surface area (TPSA) is 38.9 Å². The number of thiazole rings is 1. The first-order chi connectivity index (χ1) is 8.52. The highest BCUT2D eigenvalue weighted by molar-refractivity contribution is 7.11.